The molecule has 0 aromatic carbocycles. The first kappa shape index (κ1) is 9.40. The Hall–Kier alpha value is -0.600. The van der Waals surface area contributed by atoms with E-state index in [1.54, 1.807) is 0 Å². The lowest BCUT2D eigenvalue weighted by Gasteiger charge is -2.26. The van der Waals surface area contributed by atoms with E-state index in [1.165, 1.54) is 0 Å². The number of hydrogen-bond acceptors (Lipinski definition) is 2. The van der Waals surface area contributed by atoms with E-state index in [0.29, 0.717) is 0 Å². The number of aliphatic hydroxyl groups is 1. The Labute approximate surface area is 61.8 Å². The van der Waals surface area contributed by atoms with Crippen molar-refractivity contribution >= 4 is 0 Å². The summed E-state index contributed by atoms with van der Waals surface area (Å²) in [5.74, 6) is 0.238. The molecular formula is C8H15NO. The number of allylic oxidation sites excluding steroid dienone is 2. The van der Waals surface area contributed by atoms with E-state index in [0.717, 1.165) is 0 Å². The Morgan fingerprint density at radius 3 is 2.30 bits per heavy atom. The van der Waals surface area contributed by atoms with Gasteiger partial charge in [0.1, 0.15) is 0 Å². The third kappa shape index (κ3) is 1.69. The van der Waals surface area contributed by atoms with Crippen LogP contribution in [-0.2, 0) is 0 Å². The van der Waals surface area contributed by atoms with Gasteiger partial charge in [0.25, 0.3) is 0 Å². The molecule has 0 bridgehead atoms. The van der Waals surface area contributed by atoms with Gasteiger partial charge in [0.05, 0.1) is 5.60 Å². The molecule has 0 aliphatic heterocycles. The SMILES string of the molecule is CC1C=CC=CC1(C)O.N. The first-order valence-corrected chi connectivity index (χ1v) is 3.21. The molecule has 0 saturated heterocycles. The van der Waals surface area contributed by atoms with E-state index in [-0.39, 0.29) is 12.1 Å². The quantitative estimate of drug-likeness (QED) is 0.539. The van der Waals surface area contributed by atoms with Gasteiger partial charge in [-0.1, -0.05) is 31.2 Å². The van der Waals surface area contributed by atoms with E-state index >= 15 is 0 Å². The zero-order valence-electron chi connectivity index (χ0n) is 6.54. The van der Waals surface area contributed by atoms with Crippen LogP contribution in [0, 0.1) is 5.92 Å². The van der Waals surface area contributed by atoms with Crippen molar-refractivity contribution in [2.24, 2.45) is 5.92 Å². The summed E-state index contributed by atoms with van der Waals surface area (Å²) in [7, 11) is 0. The normalized spacial score (nSPS) is 37.3. The summed E-state index contributed by atoms with van der Waals surface area (Å²) in [4.78, 5) is 0. The molecule has 1 rings (SSSR count). The maximum absolute atomic E-state index is 9.50. The molecule has 0 heterocycles. The molecule has 0 spiro atoms. The minimum atomic E-state index is -0.630. The minimum absolute atomic E-state index is 0. The predicted molar refractivity (Wildman–Crippen MR) is 43.1 cm³/mol. The van der Waals surface area contributed by atoms with Crippen LogP contribution in [0.5, 0.6) is 0 Å². The van der Waals surface area contributed by atoms with Crippen molar-refractivity contribution in [1.82, 2.24) is 6.15 Å². The van der Waals surface area contributed by atoms with Gasteiger partial charge in [-0.3, -0.25) is 0 Å². The second kappa shape index (κ2) is 2.99. The van der Waals surface area contributed by atoms with Gasteiger partial charge in [-0.25, -0.2) is 0 Å². The molecule has 2 nitrogen and oxygen atoms in total. The lowest BCUT2D eigenvalue weighted by atomic mass is 9.87. The molecule has 58 valence electrons. The van der Waals surface area contributed by atoms with Crippen LogP contribution in [0.1, 0.15) is 13.8 Å². The summed E-state index contributed by atoms with van der Waals surface area (Å²) < 4.78 is 0. The highest BCUT2D eigenvalue weighted by molar-refractivity contribution is 5.19. The highest BCUT2D eigenvalue weighted by Gasteiger charge is 2.23. The molecule has 0 radical (unpaired) electrons. The zero-order valence-corrected chi connectivity index (χ0v) is 6.54. The molecule has 2 unspecified atom stereocenters. The smallest absolute Gasteiger partial charge is 0.0862 e. The first-order chi connectivity index (χ1) is 4.13. The van der Waals surface area contributed by atoms with Gasteiger partial charge in [0.2, 0.25) is 0 Å². The van der Waals surface area contributed by atoms with E-state index < -0.39 is 5.60 Å². The van der Waals surface area contributed by atoms with Crippen LogP contribution in [0.2, 0.25) is 0 Å². The molecule has 2 atom stereocenters. The Bertz CT molecular complexity index is 159. The summed E-state index contributed by atoms with van der Waals surface area (Å²) in [5, 5.41) is 9.50. The molecule has 0 aromatic rings. The Morgan fingerprint density at radius 2 is 2.00 bits per heavy atom. The van der Waals surface area contributed by atoms with Crippen molar-refractivity contribution in [2.75, 3.05) is 0 Å². The lowest BCUT2D eigenvalue weighted by Crippen LogP contribution is -2.29. The Morgan fingerprint density at radius 1 is 1.40 bits per heavy atom. The molecule has 10 heavy (non-hydrogen) atoms. The highest BCUT2D eigenvalue weighted by Crippen LogP contribution is 2.22. The first-order valence-electron chi connectivity index (χ1n) is 3.21. The monoisotopic (exact) mass is 141 g/mol. The van der Waals surface area contributed by atoms with Gasteiger partial charge in [0.15, 0.2) is 0 Å². The van der Waals surface area contributed by atoms with Crippen LogP contribution in [-0.4, -0.2) is 10.7 Å². The second-order valence-corrected chi connectivity index (χ2v) is 2.76. The fourth-order valence-corrected chi connectivity index (χ4v) is 0.828. The average molecular weight is 141 g/mol. The molecule has 4 N–H and O–H groups in total. The third-order valence-corrected chi connectivity index (χ3v) is 1.87. The van der Waals surface area contributed by atoms with E-state index in [9.17, 15) is 5.11 Å². The van der Waals surface area contributed by atoms with Crippen molar-refractivity contribution in [3.8, 4) is 0 Å². The van der Waals surface area contributed by atoms with Crippen molar-refractivity contribution in [2.45, 2.75) is 19.4 Å². The molecule has 0 saturated carbocycles. The number of hydrogen-bond donors (Lipinski definition) is 2. The van der Waals surface area contributed by atoms with Crippen LogP contribution in [0.25, 0.3) is 0 Å². The lowest BCUT2D eigenvalue weighted by molar-refractivity contribution is 0.0730. The van der Waals surface area contributed by atoms with E-state index in [4.69, 9.17) is 0 Å². The van der Waals surface area contributed by atoms with Crippen molar-refractivity contribution in [3.63, 3.8) is 0 Å². The fourth-order valence-electron chi connectivity index (χ4n) is 0.828. The van der Waals surface area contributed by atoms with Crippen LogP contribution >= 0.6 is 0 Å². The molecule has 1 aliphatic rings. The summed E-state index contributed by atoms with van der Waals surface area (Å²) in [6.45, 7) is 3.82. The second-order valence-electron chi connectivity index (χ2n) is 2.76. The van der Waals surface area contributed by atoms with Gasteiger partial charge in [-0.2, -0.15) is 0 Å². The molecular weight excluding hydrogens is 126 g/mol. The van der Waals surface area contributed by atoms with E-state index in [2.05, 4.69) is 0 Å². The average Bonchev–Trinajstić information content (AvgIpc) is 1.77. The Kier molecular flexibility index (Phi) is 2.81. The van der Waals surface area contributed by atoms with Crippen molar-refractivity contribution in [1.29, 1.82) is 0 Å². The molecule has 0 fully saturated rings. The van der Waals surface area contributed by atoms with Gasteiger partial charge < -0.3 is 11.3 Å². The summed E-state index contributed by atoms with van der Waals surface area (Å²) in [6, 6.07) is 0. The highest BCUT2D eigenvalue weighted by atomic mass is 16.3. The largest absolute Gasteiger partial charge is 0.385 e. The third-order valence-electron chi connectivity index (χ3n) is 1.87. The fraction of sp³-hybridized carbons (Fsp3) is 0.500. The van der Waals surface area contributed by atoms with Crippen molar-refractivity contribution < 1.29 is 5.11 Å². The van der Waals surface area contributed by atoms with Gasteiger partial charge in [-0.15, -0.1) is 0 Å². The standard InChI is InChI=1S/C8H12O.H3N/c1-7-5-3-4-6-8(7,2)9;/h3-7,9H,1-2H3;1H3. The van der Waals surface area contributed by atoms with Gasteiger partial charge in [0, 0.05) is 5.92 Å². The summed E-state index contributed by atoms with van der Waals surface area (Å²) in [5.41, 5.74) is -0.630. The van der Waals surface area contributed by atoms with Crippen LogP contribution in [0.15, 0.2) is 24.3 Å². The summed E-state index contributed by atoms with van der Waals surface area (Å²) in [6.07, 6.45) is 7.65. The van der Waals surface area contributed by atoms with Crippen LogP contribution in [0.3, 0.4) is 0 Å². The summed E-state index contributed by atoms with van der Waals surface area (Å²) >= 11 is 0. The van der Waals surface area contributed by atoms with Crippen LogP contribution in [0.4, 0.5) is 0 Å². The molecule has 1 aliphatic carbocycles. The van der Waals surface area contributed by atoms with E-state index in [1.807, 2.05) is 38.2 Å². The van der Waals surface area contributed by atoms with Gasteiger partial charge in [-0.05, 0) is 6.92 Å². The molecule has 2 heteroatoms. The van der Waals surface area contributed by atoms with Gasteiger partial charge >= 0.3 is 0 Å². The maximum Gasteiger partial charge on any atom is 0.0862 e. The topological polar surface area (TPSA) is 55.2 Å². The van der Waals surface area contributed by atoms with Crippen LogP contribution < -0.4 is 6.15 Å². The molecule has 0 aromatic heterocycles. The Balaban J connectivity index is 0.000000810. The number of rotatable bonds is 0. The minimum Gasteiger partial charge on any atom is -0.385 e. The maximum atomic E-state index is 9.50. The van der Waals surface area contributed by atoms with Crippen molar-refractivity contribution in [3.05, 3.63) is 24.3 Å². The predicted octanol–water partition coefficient (Wildman–Crippen LogP) is 1.66. The zero-order chi connectivity index (χ0) is 6.91. The molecule has 0 amide bonds.